The van der Waals surface area contributed by atoms with Crippen molar-refractivity contribution in [2.75, 3.05) is 17.7 Å². The molecule has 0 aliphatic heterocycles. The standard InChI is InChI=1S/C20H17N3O4/c1-21-18-12-7-14(13-19(18)23(25)26)20(24)22-15-8-10-17(11-9-15)27-16-5-3-2-4-6-16/h2-13,21H,1H3,(H,22,24). The number of nitrogens with one attached hydrogen (secondary N) is 2. The van der Waals surface area contributed by atoms with Crippen LogP contribution in [0.25, 0.3) is 0 Å². The van der Waals surface area contributed by atoms with Gasteiger partial charge in [0.15, 0.2) is 0 Å². The summed E-state index contributed by atoms with van der Waals surface area (Å²) in [5.41, 5.74) is 0.946. The van der Waals surface area contributed by atoms with Crippen LogP contribution >= 0.6 is 0 Å². The molecule has 3 rings (SSSR count). The highest BCUT2D eigenvalue weighted by molar-refractivity contribution is 6.05. The van der Waals surface area contributed by atoms with Gasteiger partial charge in [-0.15, -0.1) is 0 Å². The Morgan fingerprint density at radius 2 is 1.63 bits per heavy atom. The highest BCUT2D eigenvalue weighted by atomic mass is 16.6. The first kappa shape index (κ1) is 17.9. The third kappa shape index (κ3) is 4.40. The van der Waals surface area contributed by atoms with Crippen LogP contribution in [0.4, 0.5) is 17.1 Å². The molecular formula is C20H17N3O4. The molecular weight excluding hydrogens is 346 g/mol. The van der Waals surface area contributed by atoms with E-state index in [0.717, 1.165) is 0 Å². The maximum Gasteiger partial charge on any atom is 0.293 e. The van der Waals surface area contributed by atoms with Crippen LogP contribution in [0.3, 0.4) is 0 Å². The molecule has 0 aromatic heterocycles. The van der Waals surface area contributed by atoms with E-state index < -0.39 is 10.8 Å². The number of hydrogen-bond acceptors (Lipinski definition) is 5. The number of nitro benzene ring substituents is 1. The Balaban J connectivity index is 1.71. The minimum absolute atomic E-state index is 0.156. The van der Waals surface area contributed by atoms with Crippen molar-refractivity contribution in [3.05, 3.63) is 88.5 Å². The summed E-state index contributed by atoms with van der Waals surface area (Å²) in [5.74, 6) is 0.914. The Morgan fingerprint density at radius 3 is 2.26 bits per heavy atom. The molecule has 0 bridgehead atoms. The van der Waals surface area contributed by atoms with Gasteiger partial charge in [-0.25, -0.2) is 0 Å². The Labute approximate surface area is 155 Å². The fourth-order valence-corrected chi connectivity index (χ4v) is 2.47. The molecule has 0 saturated heterocycles. The number of ether oxygens (including phenoxy) is 1. The van der Waals surface area contributed by atoms with Gasteiger partial charge < -0.3 is 15.4 Å². The molecule has 27 heavy (non-hydrogen) atoms. The summed E-state index contributed by atoms with van der Waals surface area (Å²) in [6.45, 7) is 0. The SMILES string of the molecule is CNc1ccc(C(=O)Nc2ccc(Oc3ccccc3)cc2)cc1[N+](=O)[O-]. The summed E-state index contributed by atoms with van der Waals surface area (Å²) in [7, 11) is 1.58. The largest absolute Gasteiger partial charge is 0.457 e. The second-order valence-electron chi connectivity index (χ2n) is 5.63. The molecule has 0 fully saturated rings. The van der Waals surface area contributed by atoms with Gasteiger partial charge in [-0.2, -0.15) is 0 Å². The van der Waals surface area contributed by atoms with Crippen LogP contribution < -0.4 is 15.4 Å². The molecule has 0 spiro atoms. The van der Waals surface area contributed by atoms with E-state index in [1.807, 2.05) is 30.3 Å². The van der Waals surface area contributed by atoms with Crippen LogP contribution in [0.5, 0.6) is 11.5 Å². The minimum atomic E-state index is -0.529. The predicted molar refractivity (Wildman–Crippen MR) is 104 cm³/mol. The van der Waals surface area contributed by atoms with Crippen molar-refractivity contribution in [1.29, 1.82) is 0 Å². The number of rotatable bonds is 6. The second-order valence-corrected chi connectivity index (χ2v) is 5.63. The molecule has 136 valence electrons. The zero-order chi connectivity index (χ0) is 19.2. The summed E-state index contributed by atoms with van der Waals surface area (Å²) in [5, 5.41) is 16.6. The molecule has 2 N–H and O–H groups in total. The maximum absolute atomic E-state index is 12.4. The molecule has 0 atom stereocenters. The van der Waals surface area contributed by atoms with Gasteiger partial charge in [-0.1, -0.05) is 18.2 Å². The van der Waals surface area contributed by atoms with Crippen molar-refractivity contribution in [3.63, 3.8) is 0 Å². The zero-order valence-electron chi connectivity index (χ0n) is 14.5. The fourth-order valence-electron chi connectivity index (χ4n) is 2.47. The van der Waals surface area contributed by atoms with Crippen molar-refractivity contribution in [3.8, 4) is 11.5 Å². The second kappa shape index (κ2) is 8.01. The highest BCUT2D eigenvalue weighted by Gasteiger charge is 2.17. The summed E-state index contributed by atoms with van der Waals surface area (Å²) >= 11 is 0. The average Bonchev–Trinajstić information content (AvgIpc) is 2.69. The van der Waals surface area contributed by atoms with Crippen molar-refractivity contribution >= 4 is 23.0 Å². The van der Waals surface area contributed by atoms with Crippen LogP contribution in [0.15, 0.2) is 72.8 Å². The Kier molecular flexibility index (Phi) is 5.32. The topological polar surface area (TPSA) is 93.5 Å². The maximum atomic E-state index is 12.4. The van der Waals surface area contributed by atoms with Gasteiger partial charge in [0.2, 0.25) is 0 Å². The molecule has 0 unspecified atom stereocenters. The molecule has 3 aromatic rings. The number of hydrogen-bond donors (Lipinski definition) is 2. The number of amides is 1. The molecule has 7 nitrogen and oxygen atoms in total. The first-order valence-electron chi connectivity index (χ1n) is 8.17. The Hall–Kier alpha value is -3.87. The first-order valence-corrected chi connectivity index (χ1v) is 8.17. The highest BCUT2D eigenvalue weighted by Crippen LogP contribution is 2.26. The van der Waals surface area contributed by atoms with Crippen molar-refractivity contribution in [2.24, 2.45) is 0 Å². The van der Waals surface area contributed by atoms with Crippen LogP contribution in [-0.4, -0.2) is 17.9 Å². The number of anilines is 2. The Bertz CT molecular complexity index is 957. The Morgan fingerprint density at radius 1 is 0.963 bits per heavy atom. The van der Waals surface area contributed by atoms with Crippen LogP contribution in [0, 0.1) is 10.1 Å². The van der Waals surface area contributed by atoms with Gasteiger partial charge in [0, 0.05) is 24.4 Å². The molecule has 0 radical (unpaired) electrons. The van der Waals surface area contributed by atoms with E-state index >= 15 is 0 Å². The van der Waals surface area contributed by atoms with Crippen LogP contribution in [0.1, 0.15) is 10.4 Å². The third-order valence-corrected chi connectivity index (χ3v) is 3.82. The molecule has 0 heterocycles. The van der Waals surface area contributed by atoms with E-state index in [2.05, 4.69) is 10.6 Å². The van der Waals surface area contributed by atoms with Crippen molar-refractivity contribution in [2.45, 2.75) is 0 Å². The normalized spacial score (nSPS) is 10.1. The van der Waals surface area contributed by atoms with Gasteiger partial charge in [0.1, 0.15) is 17.2 Å². The number of para-hydroxylation sites is 1. The van der Waals surface area contributed by atoms with E-state index in [9.17, 15) is 14.9 Å². The van der Waals surface area contributed by atoms with E-state index in [-0.39, 0.29) is 11.3 Å². The van der Waals surface area contributed by atoms with E-state index in [1.54, 1.807) is 31.3 Å². The van der Waals surface area contributed by atoms with Gasteiger partial charge in [-0.3, -0.25) is 14.9 Å². The average molecular weight is 363 g/mol. The lowest BCUT2D eigenvalue weighted by atomic mass is 10.1. The number of carbonyl (C=O) groups is 1. The van der Waals surface area contributed by atoms with Crippen molar-refractivity contribution in [1.82, 2.24) is 0 Å². The summed E-state index contributed by atoms with van der Waals surface area (Å²) < 4.78 is 5.70. The van der Waals surface area contributed by atoms with Crippen LogP contribution in [-0.2, 0) is 0 Å². The number of nitro groups is 1. The summed E-state index contributed by atoms with van der Waals surface area (Å²) in [6.07, 6.45) is 0. The fraction of sp³-hybridized carbons (Fsp3) is 0.0500. The zero-order valence-corrected chi connectivity index (χ0v) is 14.5. The molecule has 3 aromatic carbocycles. The quantitative estimate of drug-likeness (QED) is 0.490. The van der Waals surface area contributed by atoms with E-state index in [4.69, 9.17) is 4.74 Å². The van der Waals surface area contributed by atoms with Gasteiger partial charge in [-0.05, 0) is 48.5 Å². The van der Waals surface area contributed by atoms with Gasteiger partial charge in [0.05, 0.1) is 4.92 Å². The predicted octanol–water partition coefficient (Wildman–Crippen LogP) is 4.68. The molecule has 7 heteroatoms. The number of nitrogens with zero attached hydrogens (tertiary/aromatic N) is 1. The minimum Gasteiger partial charge on any atom is -0.457 e. The lowest BCUT2D eigenvalue weighted by molar-refractivity contribution is -0.384. The van der Waals surface area contributed by atoms with E-state index in [0.29, 0.717) is 22.9 Å². The lowest BCUT2D eigenvalue weighted by Crippen LogP contribution is -2.12. The summed E-state index contributed by atoms with van der Waals surface area (Å²) in [6, 6.07) is 20.5. The van der Waals surface area contributed by atoms with Gasteiger partial charge >= 0.3 is 0 Å². The smallest absolute Gasteiger partial charge is 0.293 e. The number of carbonyl (C=O) groups excluding carboxylic acids is 1. The number of benzene rings is 3. The van der Waals surface area contributed by atoms with Gasteiger partial charge in [0.25, 0.3) is 11.6 Å². The summed E-state index contributed by atoms with van der Waals surface area (Å²) in [4.78, 5) is 23.0. The molecule has 0 aliphatic rings. The van der Waals surface area contributed by atoms with E-state index in [1.165, 1.54) is 18.2 Å². The third-order valence-electron chi connectivity index (χ3n) is 3.82. The molecule has 1 amide bonds. The molecule has 0 aliphatic carbocycles. The first-order chi connectivity index (χ1) is 13.1. The lowest BCUT2D eigenvalue weighted by Gasteiger charge is -2.09. The molecule has 0 saturated carbocycles. The van der Waals surface area contributed by atoms with Crippen LogP contribution in [0.2, 0.25) is 0 Å². The van der Waals surface area contributed by atoms with Crippen molar-refractivity contribution < 1.29 is 14.5 Å². The monoisotopic (exact) mass is 363 g/mol.